The van der Waals surface area contributed by atoms with Crippen molar-refractivity contribution >= 4 is 11.6 Å². The van der Waals surface area contributed by atoms with Gasteiger partial charge in [0.05, 0.1) is 26.7 Å². The summed E-state index contributed by atoms with van der Waals surface area (Å²) in [4.78, 5) is 15.9. The van der Waals surface area contributed by atoms with Crippen molar-refractivity contribution in [3.8, 4) is 5.75 Å². The van der Waals surface area contributed by atoms with Gasteiger partial charge < -0.3 is 19.9 Å². The molecule has 0 bridgehead atoms. The molecule has 0 saturated heterocycles. The smallest absolute Gasteiger partial charge is 0.251 e. The molecule has 0 spiro atoms. The monoisotopic (exact) mass is 370 g/mol. The van der Waals surface area contributed by atoms with E-state index in [0.717, 1.165) is 5.75 Å². The zero-order chi connectivity index (χ0) is 20.0. The molecule has 146 valence electrons. The van der Waals surface area contributed by atoms with Gasteiger partial charge in [0.1, 0.15) is 11.8 Å². The van der Waals surface area contributed by atoms with Crippen LogP contribution in [0.3, 0.4) is 0 Å². The van der Waals surface area contributed by atoms with E-state index in [0.29, 0.717) is 12.1 Å². The molecular weight excluding hydrogens is 338 g/mol. The zero-order valence-corrected chi connectivity index (χ0v) is 17.2. The molecular formula is C22H32N3O2+. The van der Waals surface area contributed by atoms with E-state index in [-0.39, 0.29) is 18.1 Å². The van der Waals surface area contributed by atoms with Gasteiger partial charge in [0, 0.05) is 30.9 Å². The molecule has 0 radical (unpaired) electrons. The minimum absolute atomic E-state index is 0.0674. The number of likely N-dealkylation sites (N-methyl/N-ethyl adjacent to an activating group) is 1. The molecule has 0 unspecified atom stereocenters. The Morgan fingerprint density at radius 1 is 1.04 bits per heavy atom. The molecule has 2 aromatic carbocycles. The van der Waals surface area contributed by atoms with Gasteiger partial charge in [0.25, 0.3) is 5.91 Å². The Labute approximate surface area is 162 Å². The molecule has 5 heteroatoms. The first-order valence-electron chi connectivity index (χ1n) is 9.40. The minimum atomic E-state index is -0.0674. The first kappa shape index (κ1) is 20.8. The van der Waals surface area contributed by atoms with E-state index in [1.165, 1.54) is 16.2 Å². The molecule has 2 aromatic rings. The Morgan fingerprint density at radius 3 is 2.11 bits per heavy atom. The minimum Gasteiger partial charge on any atom is -0.491 e. The second-order valence-electron chi connectivity index (χ2n) is 7.52. The predicted octanol–water partition coefficient (Wildman–Crippen LogP) is 2.16. The number of ether oxygens (including phenoxy) is 1. The summed E-state index contributed by atoms with van der Waals surface area (Å²) in [5, 5.41) is 3.07. The molecule has 2 N–H and O–H groups in total. The van der Waals surface area contributed by atoms with Gasteiger partial charge in [-0.25, -0.2) is 0 Å². The highest BCUT2D eigenvalue weighted by molar-refractivity contribution is 5.94. The van der Waals surface area contributed by atoms with Gasteiger partial charge in [0.2, 0.25) is 0 Å². The lowest BCUT2D eigenvalue weighted by atomic mass is 10.0. The van der Waals surface area contributed by atoms with Crippen LogP contribution in [0.4, 0.5) is 5.69 Å². The lowest BCUT2D eigenvalue weighted by Crippen LogP contribution is -3.07. The molecule has 0 saturated carbocycles. The van der Waals surface area contributed by atoms with Crippen LogP contribution in [-0.4, -0.2) is 46.7 Å². The molecule has 2 rings (SSSR count). The molecule has 0 aliphatic carbocycles. The van der Waals surface area contributed by atoms with E-state index in [4.69, 9.17) is 4.74 Å². The predicted molar refractivity (Wildman–Crippen MR) is 111 cm³/mol. The van der Waals surface area contributed by atoms with Crippen LogP contribution in [0.15, 0.2) is 48.5 Å². The van der Waals surface area contributed by atoms with Crippen molar-refractivity contribution in [3.05, 3.63) is 59.7 Å². The molecule has 0 aromatic heterocycles. The standard InChI is InChI=1S/C22H31N3O2/c1-16(2)27-20-13-9-18(10-14-20)22(26)23-15-21(25(5)6)17-7-11-19(12-8-17)24(3)4/h7-14,16,21H,15H2,1-6H3,(H,23,26)/p+1/t21-/m0/s1. The number of quaternary nitrogens is 1. The maximum Gasteiger partial charge on any atom is 0.251 e. The van der Waals surface area contributed by atoms with Gasteiger partial charge in [0.15, 0.2) is 0 Å². The van der Waals surface area contributed by atoms with E-state index >= 15 is 0 Å². The van der Waals surface area contributed by atoms with E-state index in [2.05, 4.69) is 48.6 Å². The third-order valence-electron chi connectivity index (χ3n) is 4.46. The molecule has 1 atom stereocenters. The number of carbonyl (C=O) groups excluding carboxylic acids is 1. The van der Waals surface area contributed by atoms with Crippen molar-refractivity contribution in [2.45, 2.75) is 26.0 Å². The molecule has 0 heterocycles. The number of carbonyl (C=O) groups is 1. The average molecular weight is 371 g/mol. The van der Waals surface area contributed by atoms with Gasteiger partial charge in [-0.1, -0.05) is 12.1 Å². The molecule has 5 nitrogen and oxygen atoms in total. The summed E-state index contributed by atoms with van der Waals surface area (Å²) in [6.45, 7) is 4.54. The molecule has 1 amide bonds. The molecule has 0 fully saturated rings. The lowest BCUT2D eigenvalue weighted by Gasteiger charge is -2.23. The number of anilines is 1. The van der Waals surface area contributed by atoms with Crippen LogP contribution in [0.5, 0.6) is 5.75 Å². The summed E-state index contributed by atoms with van der Waals surface area (Å²) in [6, 6.07) is 16.0. The van der Waals surface area contributed by atoms with E-state index in [1.807, 2.05) is 40.1 Å². The SMILES string of the molecule is CC(C)Oc1ccc(C(=O)NC[C@@H](c2ccc(N(C)C)cc2)[NH+](C)C)cc1. The van der Waals surface area contributed by atoms with E-state index < -0.39 is 0 Å². The van der Waals surface area contributed by atoms with Gasteiger partial charge in [-0.3, -0.25) is 4.79 Å². The Kier molecular flexibility index (Phi) is 7.25. The maximum absolute atomic E-state index is 12.5. The summed E-state index contributed by atoms with van der Waals surface area (Å²) >= 11 is 0. The fourth-order valence-corrected chi connectivity index (χ4v) is 2.91. The Bertz CT molecular complexity index is 722. The molecule has 0 aliphatic rings. The lowest BCUT2D eigenvalue weighted by molar-refractivity contribution is -0.890. The summed E-state index contributed by atoms with van der Waals surface area (Å²) in [7, 11) is 8.27. The number of nitrogens with zero attached hydrogens (tertiary/aromatic N) is 1. The van der Waals surface area contributed by atoms with Crippen LogP contribution in [0.25, 0.3) is 0 Å². The number of hydrogen-bond donors (Lipinski definition) is 2. The van der Waals surface area contributed by atoms with Crippen LogP contribution >= 0.6 is 0 Å². The topological polar surface area (TPSA) is 46.0 Å². The third kappa shape index (κ3) is 6.00. The fraction of sp³-hybridized carbons (Fsp3) is 0.409. The normalized spacial score (nSPS) is 12.1. The first-order valence-corrected chi connectivity index (χ1v) is 9.40. The Balaban J connectivity index is 2.01. The Morgan fingerprint density at radius 2 is 1.63 bits per heavy atom. The third-order valence-corrected chi connectivity index (χ3v) is 4.46. The highest BCUT2D eigenvalue weighted by Gasteiger charge is 2.19. The zero-order valence-electron chi connectivity index (χ0n) is 17.2. The number of hydrogen-bond acceptors (Lipinski definition) is 3. The number of nitrogens with one attached hydrogen (secondary N) is 2. The number of benzene rings is 2. The summed E-state index contributed by atoms with van der Waals surface area (Å²) in [5.41, 5.74) is 3.02. The summed E-state index contributed by atoms with van der Waals surface area (Å²) in [6.07, 6.45) is 0.118. The van der Waals surface area contributed by atoms with Crippen molar-refractivity contribution < 1.29 is 14.4 Å². The second-order valence-corrected chi connectivity index (χ2v) is 7.52. The van der Waals surface area contributed by atoms with Crippen LogP contribution in [0, 0.1) is 0 Å². The summed E-state index contributed by atoms with van der Waals surface area (Å²) in [5.74, 6) is 0.709. The highest BCUT2D eigenvalue weighted by Crippen LogP contribution is 2.17. The second kappa shape index (κ2) is 9.42. The maximum atomic E-state index is 12.5. The number of rotatable bonds is 8. The van der Waals surface area contributed by atoms with E-state index in [1.54, 1.807) is 12.1 Å². The molecule has 0 aliphatic heterocycles. The van der Waals surface area contributed by atoms with Gasteiger partial charge in [-0.2, -0.15) is 0 Å². The summed E-state index contributed by atoms with van der Waals surface area (Å²) < 4.78 is 5.62. The van der Waals surface area contributed by atoms with E-state index in [9.17, 15) is 4.79 Å². The average Bonchev–Trinajstić information content (AvgIpc) is 2.62. The number of amides is 1. The van der Waals surface area contributed by atoms with Crippen molar-refractivity contribution in [2.24, 2.45) is 0 Å². The van der Waals surface area contributed by atoms with Crippen molar-refractivity contribution in [3.63, 3.8) is 0 Å². The van der Waals surface area contributed by atoms with Crippen LogP contribution < -0.4 is 19.9 Å². The highest BCUT2D eigenvalue weighted by atomic mass is 16.5. The first-order chi connectivity index (χ1) is 12.8. The van der Waals surface area contributed by atoms with Crippen molar-refractivity contribution in [1.82, 2.24) is 5.32 Å². The van der Waals surface area contributed by atoms with Crippen LogP contribution in [0.1, 0.15) is 35.8 Å². The largest absolute Gasteiger partial charge is 0.491 e. The van der Waals surface area contributed by atoms with Gasteiger partial charge in [-0.05, 0) is 50.2 Å². The quantitative estimate of drug-likeness (QED) is 0.749. The van der Waals surface area contributed by atoms with Gasteiger partial charge >= 0.3 is 0 Å². The fourth-order valence-electron chi connectivity index (χ4n) is 2.91. The van der Waals surface area contributed by atoms with Gasteiger partial charge in [-0.15, -0.1) is 0 Å². The Hall–Kier alpha value is -2.53. The van der Waals surface area contributed by atoms with Crippen molar-refractivity contribution in [2.75, 3.05) is 39.6 Å². The van der Waals surface area contributed by atoms with Crippen molar-refractivity contribution in [1.29, 1.82) is 0 Å². The molecule has 27 heavy (non-hydrogen) atoms. The van der Waals surface area contributed by atoms with Crippen LogP contribution in [0.2, 0.25) is 0 Å². The van der Waals surface area contributed by atoms with Crippen LogP contribution in [-0.2, 0) is 0 Å².